The second kappa shape index (κ2) is 3.58. The highest BCUT2D eigenvalue weighted by Crippen LogP contribution is 2.61. The average molecular weight is 228 g/mol. The van der Waals surface area contributed by atoms with Gasteiger partial charge in [-0.05, 0) is 54.9 Å². The standard InChI is InChI=1S/C16H20O/c17-16-14(10-4-2-1-3-5-10)9-13-11-6-7-12(8-11)15(13)16/h1-5,11-17H,6-9H2/t11-,12+,13+,14-,15-,16+/m1/s1. The molecule has 0 radical (unpaired) electrons. The summed E-state index contributed by atoms with van der Waals surface area (Å²) in [5.41, 5.74) is 1.36. The van der Waals surface area contributed by atoms with Crippen LogP contribution in [0.1, 0.15) is 37.2 Å². The minimum atomic E-state index is -0.0716. The van der Waals surface area contributed by atoms with Crippen molar-refractivity contribution in [3.8, 4) is 0 Å². The lowest BCUT2D eigenvalue weighted by atomic mass is 9.81. The number of benzene rings is 1. The molecular formula is C16H20O. The zero-order valence-corrected chi connectivity index (χ0v) is 10.1. The lowest BCUT2D eigenvalue weighted by molar-refractivity contribution is 0.0765. The topological polar surface area (TPSA) is 20.2 Å². The average Bonchev–Trinajstić information content (AvgIpc) is 3.03. The van der Waals surface area contributed by atoms with Crippen molar-refractivity contribution in [2.24, 2.45) is 23.7 Å². The summed E-state index contributed by atoms with van der Waals surface area (Å²) >= 11 is 0. The summed E-state index contributed by atoms with van der Waals surface area (Å²) in [6, 6.07) is 10.7. The van der Waals surface area contributed by atoms with Gasteiger partial charge in [0.25, 0.3) is 0 Å². The Morgan fingerprint density at radius 1 is 0.941 bits per heavy atom. The first kappa shape index (κ1) is 10.1. The van der Waals surface area contributed by atoms with Crippen LogP contribution in [0.2, 0.25) is 0 Å². The fraction of sp³-hybridized carbons (Fsp3) is 0.625. The predicted molar refractivity (Wildman–Crippen MR) is 67.6 cm³/mol. The van der Waals surface area contributed by atoms with E-state index in [-0.39, 0.29) is 6.10 Å². The maximum absolute atomic E-state index is 10.6. The Morgan fingerprint density at radius 2 is 1.71 bits per heavy atom. The number of aliphatic hydroxyl groups is 1. The van der Waals surface area contributed by atoms with Crippen LogP contribution in [-0.4, -0.2) is 11.2 Å². The van der Waals surface area contributed by atoms with Crippen LogP contribution < -0.4 is 0 Å². The van der Waals surface area contributed by atoms with Crippen molar-refractivity contribution in [3.63, 3.8) is 0 Å². The minimum absolute atomic E-state index is 0.0716. The molecule has 0 unspecified atom stereocenters. The zero-order chi connectivity index (χ0) is 11.4. The molecule has 3 aliphatic carbocycles. The molecule has 4 rings (SSSR count). The van der Waals surface area contributed by atoms with E-state index in [4.69, 9.17) is 0 Å². The van der Waals surface area contributed by atoms with Crippen LogP contribution in [0.3, 0.4) is 0 Å². The van der Waals surface area contributed by atoms with Crippen molar-refractivity contribution in [2.75, 3.05) is 0 Å². The molecule has 17 heavy (non-hydrogen) atoms. The first-order chi connectivity index (χ1) is 8.34. The van der Waals surface area contributed by atoms with Gasteiger partial charge in [-0.25, -0.2) is 0 Å². The van der Waals surface area contributed by atoms with Crippen LogP contribution in [0.25, 0.3) is 0 Å². The van der Waals surface area contributed by atoms with Crippen LogP contribution >= 0.6 is 0 Å². The molecule has 1 nitrogen and oxygen atoms in total. The first-order valence-corrected chi connectivity index (χ1v) is 7.07. The van der Waals surface area contributed by atoms with Gasteiger partial charge in [0.2, 0.25) is 0 Å². The van der Waals surface area contributed by atoms with Gasteiger partial charge in [0.05, 0.1) is 6.10 Å². The summed E-state index contributed by atoms with van der Waals surface area (Å²) in [4.78, 5) is 0. The third-order valence-corrected chi connectivity index (χ3v) is 5.72. The normalized spacial score (nSPS) is 47.4. The third kappa shape index (κ3) is 1.35. The van der Waals surface area contributed by atoms with Gasteiger partial charge in [-0.1, -0.05) is 30.3 Å². The Kier molecular flexibility index (Phi) is 2.14. The molecule has 0 aliphatic heterocycles. The lowest BCUT2D eigenvalue weighted by Gasteiger charge is -2.26. The molecule has 0 saturated heterocycles. The van der Waals surface area contributed by atoms with E-state index in [2.05, 4.69) is 30.3 Å². The van der Waals surface area contributed by atoms with E-state index in [1.165, 1.54) is 31.2 Å². The van der Waals surface area contributed by atoms with E-state index in [9.17, 15) is 5.11 Å². The number of rotatable bonds is 1. The number of hydrogen-bond acceptors (Lipinski definition) is 1. The molecule has 1 aromatic carbocycles. The van der Waals surface area contributed by atoms with E-state index >= 15 is 0 Å². The molecule has 3 aliphatic rings. The molecule has 1 heteroatoms. The fourth-order valence-electron chi connectivity index (χ4n) is 5.07. The van der Waals surface area contributed by atoms with Crippen LogP contribution in [0, 0.1) is 23.7 Å². The number of fused-ring (bicyclic) bond motifs is 5. The summed E-state index contributed by atoms with van der Waals surface area (Å²) in [7, 11) is 0. The van der Waals surface area contributed by atoms with E-state index in [0.29, 0.717) is 11.8 Å². The second-order valence-electron chi connectivity index (χ2n) is 6.32. The summed E-state index contributed by atoms with van der Waals surface area (Å²) in [6.07, 6.45) is 5.38. The molecule has 1 aromatic rings. The van der Waals surface area contributed by atoms with E-state index in [1.54, 1.807) is 0 Å². The second-order valence-corrected chi connectivity index (χ2v) is 6.32. The highest BCUT2D eigenvalue weighted by molar-refractivity contribution is 5.24. The van der Waals surface area contributed by atoms with Gasteiger partial charge in [0.15, 0.2) is 0 Å². The lowest BCUT2D eigenvalue weighted by Crippen LogP contribution is -2.27. The summed E-state index contributed by atoms with van der Waals surface area (Å²) in [6.45, 7) is 0. The van der Waals surface area contributed by atoms with Crippen molar-refractivity contribution >= 4 is 0 Å². The van der Waals surface area contributed by atoms with E-state index < -0.39 is 0 Å². The fourth-order valence-corrected chi connectivity index (χ4v) is 5.07. The molecule has 90 valence electrons. The van der Waals surface area contributed by atoms with Gasteiger partial charge >= 0.3 is 0 Å². The van der Waals surface area contributed by atoms with Crippen LogP contribution in [0.4, 0.5) is 0 Å². The van der Waals surface area contributed by atoms with Crippen LogP contribution in [0.15, 0.2) is 30.3 Å². The molecule has 1 N–H and O–H groups in total. The Bertz CT molecular complexity index is 413. The molecule has 0 heterocycles. The van der Waals surface area contributed by atoms with Crippen molar-refractivity contribution in [3.05, 3.63) is 35.9 Å². The SMILES string of the molecule is O[C@@H]1[C@@H]2[C@H]3CC[C@H](C3)[C@@H]2C[C@@H]1c1ccccc1. The molecule has 3 saturated carbocycles. The Balaban J connectivity index is 1.65. The summed E-state index contributed by atoms with van der Waals surface area (Å²) in [5, 5.41) is 10.6. The van der Waals surface area contributed by atoms with Gasteiger partial charge in [0.1, 0.15) is 0 Å². The van der Waals surface area contributed by atoms with E-state index in [0.717, 1.165) is 17.8 Å². The van der Waals surface area contributed by atoms with Crippen molar-refractivity contribution in [1.29, 1.82) is 0 Å². The highest BCUT2D eigenvalue weighted by Gasteiger charge is 2.56. The minimum Gasteiger partial charge on any atom is -0.392 e. The molecule has 0 amide bonds. The van der Waals surface area contributed by atoms with Gasteiger partial charge in [-0.3, -0.25) is 0 Å². The van der Waals surface area contributed by atoms with Crippen molar-refractivity contribution < 1.29 is 5.11 Å². The zero-order valence-electron chi connectivity index (χ0n) is 10.1. The van der Waals surface area contributed by atoms with Crippen LogP contribution in [0.5, 0.6) is 0 Å². The van der Waals surface area contributed by atoms with Crippen LogP contribution in [-0.2, 0) is 0 Å². The maximum atomic E-state index is 10.6. The molecule has 3 fully saturated rings. The molecule has 6 atom stereocenters. The maximum Gasteiger partial charge on any atom is 0.0642 e. The quantitative estimate of drug-likeness (QED) is 0.782. The largest absolute Gasteiger partial charge is 0.392 e. The van der Waals surface area contributed by atoms with Gasteiger partial charge in [0, 0.05) is 5.92 Å². The van der Waals surface area contributed by atoms with E-state index in [1.807, 2.05) is 0 Å². The summed E-state index contributed by atoms with van der Waals surface area (Å²) in [5.74, 6) is 3.64. The Labute approximate surface area is 103 Å². The first-order valence-electron chi connectivity index (χ1n) is 7.07. The summed E-state index contributed by atoms with van der Waals surface area (Å²) < 4.78 is 0. The van der Waals surface area contributed by atoms with Crippen molar-refractivity contribution in [1.82, 2.24) is 0 Å². The number of aliphatic hydroxyl groups excluding tert-OH is 1. The van der Waals surface area contributed by atoms with Gasteiger partial charge < -0.3 is 5.11 Å². The highest BCUT2D eigenvalue weighted by atomic mass is 16.3. The van der Waals surface area contributed by atoms with Crippen molar-refractivity contribution in [2.45, 2.75) is 37.7 Å². The Hall–Kier alpha value is -0.820. The molecule has 0 spiro atoms. The van der Waals surface area contributed by atoms with Gasteiger partial charge in [-0.15, -0.1) is 0 Å². The number of hydrogen-bond donors (Lipinski definition) is 1. The Morgan fingerprint density at radius 3 is 2.47 bits per heavy atom. The molecular weight excluding hydrogens is 208 g/mol. The monoisotopic (exact) mass is 228 g/mol. The predicted octanol–water partition coefficient (Wildman–Crippen LogP) is 3.20. The van der Waals surface area contributed by atoms with Gasteiger partial charge in [-0.2, -0.15) is 0 Å². The molecule has 2 bridgehead atoms. The molecule has 0 aromatic heterocycles. The third-order valence-electron chi connectivity index (χ3n) is 5.72. The smallest absolute Gasteiger partial charge is 0.0642 e.